The standard InChI is InChI=1S/C17H33NO4/c1-14(2)7-10-21-12-13-22-11-8-17(20)18-9-5-6-16(19)15(3)4/h14-15H,5-13H2,1-4H3,(H,18,20). The Morgan fingerprint density at radius 1 is 0.909 bits per heavy atom. The quantitative estimate of drug-likeness (QED) is 0.500. The number of ether oxygens (including phenoxy) is 2. The van der Waals surface area contributed by atoms with Crippen molar-refractivity contribution in [1.82, 2.24) is 5.32 Å². The molecule has 0 aromatic rings. The predicted octanol–water partition coefficient (Wildman–Crippen LogP) is 2.58. The Morgan fingerprint density at radius 3 is 2.14 bits per heavy atom. The molecule has 130 valence electrons. The van der Waals surface area contributed by atoms with Crippen LogP contribution in [0.5, 0.6) is 0 Å². The first kappa shape index (κ1) is 21.1. The second kappa shape index (κ2) is 13.7. The number of hydrogen-bond acceptors (Lipinski definition) is 4. The second-order valence-corrected chi connectivity index (χ2v) is 6.23. The normalized spacial score (nSPS) is 11.2. The minimum Gasteiger partial charge on any atom is -0.379 e. The zero-order valence-electron chi connectivity index (χ0n) is 14.7. The predicted molar refractivity (Wildman–Crippen MR) is 87.8 cm³/mol. The first-order chi connectivity index (χ1) is 10.4. The highest BCUT2D eigenvalue weighted by Gasteiger charge is 2.07. The van der Waals surface area contributed by atoms with E-state index >= 15 is 0 Å². The Bertz CT molecular complexity index is 303. The molecule has 1 N–H and O–H groups in total. The minimum absolute atomic E-state index is 0.0299. The van der Waals surface area contributed by atoms with Crippen molar-refractivity contribution in [3.8, 4) is 0 Å². The highest BCUT2D eigenvalue weighted by Crippen LogP contribution is 2.01. The summed E-state index contributed by atoms with van der Waals surface area (Å²) in [5.74, 6) is 0.945. The first-order valence-electron chi connectivity index (χ1n) is 8.38. The summed E-state index contributed by atoms with van der Waals surface area (Å²) < 4.78 is 10.8. The average molecular weight is 315 g/mol. The van der Waals surface area contributed by atoms with Gasteiger partial charge in [0.25, 0.3) is 0 Å². The van der Waals surface area contributed by atoms with Crippen LogP contribution >= 0.6 is 0 Å². The van der Waals surface area contributed by atoms with E-state index in [9.17, 15) is 9.59 Å². The molecule has 0 aromatic carbocycles. The van der Waals surface area contributed by atoms with Crippen molar-refractivity contribution in [3.63, 3.8) is 0 Å². The van der Waals surface area contributed by atoms with Gasteiger partial charge < -0.3 is 14.8 Å². The summed E-state index contributed by atoms with van der Waals surface area (Å²) in [6.07, 6.45) is 2.64. The van der Waals surface area contributed by atoms with Crippen molar-refractivity contribution in [2.75, 3.05) is 33.0 Å². The van der Waals surface area contributed by atoms with Crippen molar-refractivity contribution >= 4 is 11.7 Å². The van der Waals surface area contributed by atoms with Gasteiger partial charge in [0, 0.05) is 31.9 Å². The molecule has 0 fully saturated rings. The van der Waals surface area contributed by atoms with Crippen molar-refractivity contribution < 1.29 is 19.1 Å². The van der Waals surface area contributed by atoms with E-state index in [0.29, 0.717) is 51.5 Å². The maximum atomic E-state index is 11.5. The van der Waals surface area contributed by atoms with Crippen LogP contribution in [-0.2, 0) is 19.1 Å². The van der Waals surface area contributed by atoms with E-state index in [1.54, 1.807) is 0 Å². The molecule has 22 heavy (non-hydrogen) atoms. The Kier molecular flexibility index (Phi) is 13.1. The van der Waals surface area contributed by atoms with Gasteiger partial charge in [-0.05, 0) is 18.8 Å². The maximum absolute atomic E-state index is 11.5. The van der Waals surface area contributed by atoms with Gasteiger partial charge in [-0.2, -0.15) is 0 Å². The van der Waals surface area contributed by atoms with Crippen LogP contribution in [-0.4, -0.2) is 44.7 Å². The van der Waals surface area contributed by atoms with Gasteiger partial charge in [-0.1, -0.05) is 27.7 Å². The third-order valence-corrected chi connectivity index (χ3v) is 3.25. The molecule has 5 heteroatoms. The van der Waals surface area contributed by atoms with Crippen molar-refractivity contribution in [3.05, 3.63) is 0 Å². The van der Waals surface area contributed by atoms with Crippen molar-refractivity contribution in [2.45, 2.75) is 53.4 Å². The van der Waals surface area contributed by atoms with E-state index in [1.807, 2.05) is 13.8 Å². The number of hydrogen-bond donors (Lipinski definition) is 1. The fourth-order valence-corrected chi connectivity index (χ4v) is 1.67. The van der Waals surface area contributed by atoms with Crippen LogP contribution in [0.4, 0.5) is 0 Å². The largest absolute Gasteiger partial charge is 0.379 e. The molecule has 0 aliphatic carbocycles. The van der Waals surface area contributed by atoms with Crippen molar-refractivity contribution in [1.29, 1.82) is 0 Å². The van der Waals surface area contributed by atoms with Crippen LogP contribution in [0, 0.1) is 11.8 Å². The number of amides is 1. The molecule has 0 rings (SSSR count). The number of carbonyl (C=O) groups excluding carboxylic acids is 2. The third-order valence-electron chi connectivity index (χ3n) is 3.25. The lowest BCUT2D eigenvalue weighted by Crippen LogP contribution is -2.26. The van der Waals surface area contributed by atoms with Crippen LogP contribution in [0.25, 0.3) is 0 Å². The summed E-state index contributed by atoms with van der Waals surface area (Å²) in [7, 11) is 0. The molecular weight excluding hydrogens is 282 g/mol. The first-order valence-corrected chi connectivity index (χ1v) is 8.38. The molecular formula is C17H33NO4. The maximum Gasteiger partial charge on any atom is 0.222 e. The van der Waals surface area contributed by atoms with Crippen LogP contribution in [0.15, 0.2) is 0 Å². The van der Waals surface area contributed by atoms with Gasteiger partial charge in [-0.15, -0.1) is 0 Å². The Labute approximate surface area is 135 Å². The monoisotopic (exact) mass is 315 g/mol. The minimum atomic E-state index is -0.0299. The lowest BCUT2D eigenvalue weighted by atomic mass is 10.0. The molecule has 0 aliphatic rings. The molecule has 0 unspecified atom stereocenters. The lowest BCUT2D eigenvalue weighted by molar-refractivity contribution is -0.124. The van der Waals surface area contributed by atoms with Gasteiger partial charge in [0.15, 0.2) is 0 Å². The fraction of sp³-hybridized carbons (Fsp3) is 0.882. The number of ketones is 1. The molecule has 0 radical (unpaired) electrons. The Balaban J connectivity index is 3.31. The highest BCUT2D eigenvalue weighted by molar-refractivity contribution is 5.80. The summed E-state index contributed by atoms with van der Waals surface area (Å²) in [4.78, 5) is 22.9. The Hall–Kier alpha value is -0.940. The molecule has 0 aromatic heterocycles. The SMILES string of the molecule is CC(C)CCOCCOCCC(=O)NCCCC(=O)C(C)C. The van der Waals surface area contributed by atoms with Crippen molar-refractivity contribution in [2.24, 2.45) is 11.8 Å². The van der Waals surface area contributed by atoms with Crippen LogP contribution in [0.2, 0.25) is 0 Å². The molecule has 0 spiro atoms. The fourth-order valence-electron chi connectivity index (χ4n) is 1.67. The van der Waals surface area contributed by atoms with Crippen LogP contribution in [0.3, 0.4) is 0 Å². The number of carbonyl (C=O) groups is 2. The topological polar surface area (TPSA) is 64.6 Å². The van der Waals surface area contributed by atoms with Gasteiger partial charge >= 0.3 is 0 Å². The zero-order valence-corrected chi connectivity index (χ0v) is 14.7. The smallest absolute Gasteiger partial charge is 0.222 e. The average Bonchev–Trinajstić information content (AvgIpc) is 2.45. The van der Waals surface area contributed by atoms with Gasteiger partial charge in [0.05, 0.1) is 19.8 Å². The zero-order chi connectivity index (χ0) is 16.8. The molecule has 0 heterocycles. The third kappa shape index (κ3) is 14.0. The van der Waals surface area contributed by atoms with E-state index in [-0.39, 0.29) is 17.6 Å². The molecule has 0 saturated carbocycles. The number of rotatable bonds is 14. The van der Waals surface area contributed by atoms with E-state index in [4.69, 9.17) is 9.47 Å². The Morgan fingerprint density at radius 2 is 1.55 bits per heavy atom. The number of Topliss-reactive ketones (excluding diaryl/α,β-unsaturated/α-hetero) is 1. The van der Waals surface area contributed by atoms with E-state index in [1.165, 1.54) is 0 Å². The second-order valence-electron chi connectivity index (χ2n) is 6.23. The number of nitrogens with one attached hydrogen (secondary N) is 1. The molecule has 5 nitrogen and oxygen atoms in total. The molecule has 1 amide bonds. The summed E-state index contributed by atoms with van der Waals surface area (Å²) in [6.45, 7) is 10.9. The lowest BCUT2D eigenvalue weighted by Gasteiger charge is -2.08. The summed E-state index contributed by atoms with van der Waals surface area (Å²) in [5, 5.41) is 2.80. The van der Waals surface area contributed by atoms with Gasteiger partial charge in [-0.25, -0.2) is 0 Å². The van der Waals surface area contributed by atoms with E-state index in [2.05, 4.69) is 19.2 Å². The van der Waals surface area contributed by atoms with Crippen LogP contribution < -0.4 is 5.32 Å². The summed E-state index contributed by atoms with van der Waals surface area (Å²) >= 11 is 0. The highest BCUT2D eigenvalue weighted by atomic mass is 16.5. The summed E-state index contributed by atoms with van der Waals surface area (Å²) in [5.41, 5.74) is 0. The van der Waals surface area contributed by atoms with Gasteiger partial charge in [-0.3, -0.25) is 9.59 Å². The van der Waals surface area contributed by atoms with Crippen LogP contribution in [0.1, 0.15) is 53.4 Å². The molecule has 0 saturated heterocycles. The van der Waals surface area contributed by atoms with Gasteiger partial charge in [0.2, 0.25) is 5.91 Å². The summed E-state index contributed by atoms with van der Waals surface area (Å²) in [6, 6.07) is 0. The molecule has 0 bridgehead atoms. The van der Waals surface area contributed by atoms with E-state index < -0.39 is 0 Å². The van der Waals surface area contributed by atoms with Gasteiger partial charge in [0.1, 0.15) is 5.78 Å². The van der Waals surface area contributed by atoms with E-state index in [0.717, 1.165) is 13.0 Å². The molecule has 0 atom stereocenters. The molecule has 0 aliphatic heterocycles.